The van der Waals surface area contributed by atoms with Crippen molar-refractivity contribution in [2.45, 2.75) is 57.4 Å². The van der Waals surface area contributed by atoms with Gasteiger partial charge in [-0.2, -0.15) is 0 Å². The molecule has 3 aromatic carbocycles. The van der Waals surface area contributed by atoms with E-state index in [0.717, 1.165) is 29.5 Å². The van der Waals surface area contributed by atoms with Crippen molar-refractivity contribution in [1.29, 1.82) is 0 Å². The molecule has 12 heteroatoms. The standard InChI is InChI=1S/C38H47N3O9/c1-22-29(49-37-33(43)32(42)34(47-8)38(2,3)50-37)15-13-24-21-28(36(40-31(22)24)48-18-10-17-41(4)5)39-35(44)25-14-16-30(46-7)27(20-25)23-11-9-12-26(19-23)45-6/h9,11-16,19-21,32-34,37,42-43H,10,17-18H2,1-8H3,(H,39,44)/t32-,33+,34+,37+/m0/s1. The van der Waals surface area contributed by atoms with Crippen LogP contribution in [0.1, 0.15) is 36.2 Å². The van der Waals surface area contributed by atoms with Crippen LogP contribution in [0.4, 0.5) is 5.69 Å². The molecule has 1 saturated heterocycles. The lowest BCUT2D eigenvalue weighted by atomic mass is 9.89. The van der Waals surface area contributed by atoms with Crippen LogP contribution >= 0.6 is 0 Å². The van der Waals surface area contributed by atoms with Crippen molar-refractivity contribution >= 4 is 22.5 Å². The van der Waals surface area contributed by atoms with E-state index in [0.29, 0.717) is 46.2 Å². The van der Waals surface area contributed by atoms with Crippen molar-refractivity contribution in [2.24, 2.45) is 0 Å². The lowest BCUT2D eigenvalue weighted by molar-refractivity contribution is -0.306. The number of rotatable bonds is 13. The molecule has 0 bridgehead atoms. The summed E-state index contributed by atoms with van der Waals surface area (Å²) in [5.41, 5.74) is 2.69. The second-order valence-electron chi connectivity index (χ2n) is 13.1. The second kappa shape index (κ2) is 15.6. The summed E-state index contributed by atoms with van der Waals surface area (Å²) in [5.74, 6) is 1.60. The average Bonchev–Trinajstić information content (AvgIpc) is 3.10. The van der Waals surface area contributed by atoms with E-state index in [9.17, 15) is 15.0 Å². The summed E-state index contributed by atoms with van der Waals surface area (Å²) in [6, 6.07) is 18.1. The Balaban J connectivity index is 1.47. The molecule has 4 atom stereocenters. The molecule has 5 rings (SSSR count). The van der Waals surface area contributed by atoms with E-state index in [1.165, 1.54) is 7.11 Å². The average molecular weight is 690 g/mol. The fraction of sp³-hybridized carbons (Fsp3) is 0.421. The molecule has 0 aliphatic carbocycles. The Morgan fingerprint density at radius 3 is 2.44 bits per heavy atom. The number of carbonyl (C=O) groups excluding carboxylic acids is 1. The van der Waals surface area contributed by atoms with Crippen LogP contribution in [-0.4, -0.2) is 105 Å². The normalized spacial score (nSPS) is 20.1. The van der Waals surface area contributed by atoms with Gasteiger partial charge in [0.25, 0.3) is 5.91 Å². The molecule has 268 valence electrons. The first-order chi connectivity index (χ1) is 23.9. The maximum atomic E-state index is 13.8. The molecule has 50 heavy (non-hydrogen) atoms. The Kier molecular flexibility index (Phi) is 11.5. The van der Waals surface area contributed by atoms with Gasteiger partial charge in [0.05, 0.1) is 31.9 Å². The quantitative estimate of drug-likeness (QED) is 0.162. The molecule has 12 nitrogen and oxygen atoms in total. The monoisotopic (exact) mass is 689 g/mol. The highest BCUT2D eigenvalue weighted by atomic mass is 16.7. The van der Waals surface area contributed by atoms with E-state index < -0.39 is 30.2 Å². The number of aliphatic hydroxyl groups is 2. The number of amides is 1. The van der Waals surface area contributed by atoms with Crippen molar-refractivity contribution in [3.63, 3.8) is 0 Å². The fourth-order valence-corrected chi connectivity index (χ4v) is 6.11. The Labute approximate surface area is 292 Å². The topological polar surface area (TPSA) is 141 Å². The molecule has 0 unspecified atom stereocenters. The molecule has 0 spiro atoms. The number of fused-ring (bicyclic) bond motifs is 1. The van der Waals surface area contributed by atoms with Gasteiger partial charge in [0.1, 0.15) is 41.2 Å². The number of hydrogen-bond donors (Lipinski definition) is 3. The van der Waals surface area contributed by atoms with Crippen LogP contribution in [-0.2, 0) is 9.47 Å². The maximum absolute atomic E-state index is 13.8. The summed E-state index contributed by atoms with van der Waals surface area (Å²) >= 11 is 0. The lowest BCUT2D eigenvalue weighted by Crippen LogP contribution is -2.63. The number of aryl methyl sites for hydroxylation is 1. The minimum Gasteiger partial charge on any atom is -0.497 e. The fourth-order valence-electron chi connectivity index (χ4n) is 6.11. The van der Waals surface area contributed by atoms with Gasteiger partial charge in [-0.15, -0.1) is 0 Å². The zero-order valence-corrected chi connectivity index (χ0v) is 29.9. The zero-order chi connectivity index (χ0) is 36.2. The smallest absolute Gasteiger partial charge is 0.255 e. The third kappa shape index (κ3) is 7.95. The summed E-state index contributed by atoms with van der Waals surface area (Å²) in [6.45, 7) is 6.55. The van der Waals surface area contributed by atoms with Crippen LogP contribution in [0.25, 0.3) is 22.0 Å². The van der Waals surface area contributed by atoms with Crippen molar-refractivity contribution in [3.8, 4) is 34.3 Å². The number of pyridine rings is 1. The van der Waals surface area contributed by atoms with Crippen LogP contribution in [0.15, 0.2) is 60.7 Å². The first-order valence-corrected chi connectivity index (χ1v) is 16.5. The number of aliphatic hydroxyl groups excluding tert-OH is 2. The van der Waals surface area contributed by atoms with E-state index in [-0.39, 0.29) is 11.8 Å². The molecule has 0 radical (unpaired) electrons. The maximum Gasteiger partial charge on any atom is 0.255 e. The van der Waals surface area contributed by atoms with Crippen molar-refractivity contribution in [1.82, 2.24) is 9.88 Å². The number of aromatic nitrogens is 1. The molecule has 4 aromatic rings. The third-order valence-electron chi connectivity index (χ3n) is 8.78. The van der Waals surface area contributed by atoms with Crippen molar-refractivity contribution in [3.05, 3.63) is 71.8 Å². The number of nitrogens with zero attached hydrogens (tertiary/aromatic N) is 2. The highest BCUT2D eigenvalue weighted by Crippen LogP contribution is 2.37. The van der Waals surface area contributed by atoms with Gasteiger partial charge in [0.2, 0.25) is 12.2 Å². The van der Waals surface area contributed by atoms with E-state index in [1.54, 1.807) is 58.4 Å². The first-order valence-electron chi connectivity index (χ1n) is 16.5. The van der Waals surface area contributed by atoms with Gasteiger partial charge < -0.3 is 48.9 Å². The summed E-state index contributed by atoms with van der Waals surface area (Å²) < 4.78 is 34.8. The van der Waals surface area contributed by atoms with Gasteiger partial charge in [-0.05, 0) is 95.4 Å². The number of nitrogens with one attached hydrogen (secondary N) is 1. The largest absolute Gasteiger partial charge is 0.497 e. The van der Waals surface area contributed by atoms with Gasteiger partial charge in [-0.3, -0.25) is 4.79 Å². The van der Waals surface area contributed by atoms with Gasteiger partial charge in [0.15, 0.2) is 0 Å². The number of benzene rings is 3. The van der Waals surface area contributed by atoms with Crippen molar-refractivity contribution in [2.75, 3.05) is 53.9 Å². The van der Waals surface area contributed by atoms with Crippen LogP contribution in [0, 0.1) is 6.92 Å². The van der Waals surface area contributed by atoms with Gasteiger partial charge in [-0.25, -0.2) is 4.98 Å². The Hall–Kier alpha value is -4.46. The van der Waals surface area contributed by atoms with E-state index in [4.69, 9.17) is 33.4 Å². The zero-order valence-electron chi connectivity index (χ0n) is 29.9. The molecular formula is C38H47N3O9. The number of anilines is 1. The second-order valence-corrected chi connectivity index (χ2v) is 13.1. The van der Waals surface area contributed by atoms with E-state index in [2.05, 4.69) is 10.2 Å². The van der Waals surface area contributed by atoms with Crippen LogP contribution in [0.3, 0.4) is 0 Å². The van der Waals surface area contributed by atoms with Gasteiger partial charge in [0, 0.05) is 35.7 Å². The lowest BCUT2D eigenvalue weighted by Gasteiger charge is -2.46. The predicted octanol–water partition coefficient (Wildman–Crippen LogP) is 5.06. The molecule has 0 saturated carbocycles. The number of carbonyl (C=O) groups is 1. The van der Waals surface area contributed by atoms with E-state index >= 15 is 0 Å². The van der Waals surface area contributed by atoms with Crippen LogP contribution < -0.4 is 24.3 Å². The summed E-state index contributed by atoms with van der Waals surface area (Å²) in [4.78, 5) is 20.7. The minimum atomic E-state index is -1.35. The summed E-state index contributed by atoms with van der Waals surface area (Å²) in [6.07, 6.45) is -3.75. The SMILES string of the molecule is COc1cccc(-c2cc(C(=O)Nc3cc4ccc(O[C@@H]5OC(C)(C)[C@H](OC)[C@@H](O)[C@H]5O)c(C)c4nc3OCCCN(C)C)ccc2OC)c1. The number of hydrogen-bond acceptors (Lipinski definition) is 11. The third-order valence-corrected chi connectivity index (χ3v) is 8.78. The molecule has 1 amide bonds. The minimum absolute atomic E-state index is 0.250. The molecule has 1 aliphatic rings. The molecule has 2 heterocycles. The molecule has 1 aliphatic heterocycles. The summed E-state index contributed by atoms with van der Waals surface area (Å²) in [5, 5.41) is 25.3. The highest BCUT2D eigenvalue weighted by molar-refractivity contribution is 6.07. The van der Waals surface area contributed by atoms with Crippen LogP contribution in [0.5, 0.6) is 23.1 Å². The summed E-state index contributed by atoms with van der Waals surface area (Å²) in [7, 11) is 8.62. The number of ether oxygens (including phenoxy) is 6. The Bertz CT molecular complexity index is 1810. The molecule has 1 fully saturated rings. The molecule has 3 N–H and O–H groups in total. The van der Waals surface area contributed by atoms with Crippen molar-refractivity contribution < 1.29 is 43.4 Å². The number of methoxy groups -OCH3 is 3. The van der Waals surface area contributed by atoms with Crippen LogP contribution in [0.2, 0.25) is 0 Å². The Morgan fingerprint density at radius 1 is 0.980 bits per heavy atom. The molecular weight excluding hydrogens is 642 g/mol. The molecule has 1 aromatic heterocycles. The predicted molar refractivity (Wildman–Crippen MR) is 190 cm³/mol. The van der Waals surface area contributed by atoms with E-state index in [1.807, 2.05) is 51.4 Å². The van der Waals surface area contributed by atoms with Gasteiger partial charge >= 0.3 is 0 Å². The Morgan fingerprint density at radius 2 is 1.74 bits per heavy atom. The first kappa shape index (κ1) is 36.8. The highest BCUT2D eigenvalue weighted by Gasteiger charge is 2.50. The van der Waals surface area contributed by atoms with Gasteiger partial charge in [-0.1, -0.05) is 12.1 Å².